The fraction of sp³-hybridized carbons (Fsp3) is 0.0952. The van der Waals surface area contributed by atoms with E-state index in [1.165, 1.54) is 12.1 Å². The second-order valence-corrected chi connectivity index (χ2v) is 7.18. The van der Waals surface area contributed by atoms with Crippen LogP contribution in [0.3, 0.4) is 0 Å². The highest BCUT2D eigenvalue weighted by atomic mass is 32.2. The molecule has 0 bridgehead atoms. The normalized spacial score (nSPS) is 16.7. The third-order valence-corrected chi connectivity index (χ3v) is 5.51. The molecule has 0 aromatic heterocycles. The number of nitrogens with zero attached hydrogens (tertiary/aromatic N) is 1. The van der Waals surface area contributed by atoms with Gasteiger partial charge in [-0.25, -0.2) is 4.39 Å². The topological polar surface area (TPSA) is 32.6 Å². The lowest BCUT2D eigenvalue weighted by Gasteiger charge is -2.16. The third-order valence-electron chi connectivity index (χ3n) is 4.19. The largest absolute Gasteiger partial charge is 0.508 e. The van der Waals surface area contributed by atoms with Gasteiger partial charge in [0.15, 0.2) is 0 Å². The average molecular weight is 349 g/mol. The Balaban J connectivity index is 1.80. The van der Waals surface area contributed by atoms with Crippen LogP contribution in [0.15, 0.2) is 82.7 Å². The van der Waals surface area contributed by atoms with Crippen molar-refractivity contribution in [2.24, 2.45) is 4.99 Å². The first-order chi connectivity index (χ1) is 12.2. The summed E-state index contributed by atoms with van der Waals surface area (Å²) in [5.74, 6) is -0.00615. The van der Waals surface area contributed by atoms with E-state index in [-0.39, 0.29) is 16.8 Å². The zero-order chi connectivity index (χ0) is 17.2. The number of aromatic hydroxyl groups is 1. The first-order valence-electron chi connectivity index (χ1n) is 8.07. The summed E-state index contributed by atoms with van der Waals surface area (Å²) in [6, 6.07) is 21.9. The monoisotopic (exact) mass is 349 g/mol. The van der Waals surface area contributed by atoms with Crippen LogP contribution < -0.4 is 0 Å². The van der Waals surface area contributed by atoms with Gasteiger partial charge in [-0.3, -0.25) is 4.99 Å². The smallest absolute Gasteiger partial charge is 0.123 e. The number of phenolic OH excluding ortho intramolecular Hbond substituents is 1. The molecule has 2 nitrogen and oxygen atoms in total. The van der Waals surface area contributed by atoms with Gasteiger partial charge in [-0.05, 0) is 47.5 Å². The molecule has 0 saturated heterocycles. The summed E-state index contributed by atoms with van der Waals surface area (Å²) in [7, 11) is 0. The van der Waals surface area contributed by atoms with Gasteiger partial charge in [0.1, 0.15) is 11.6 Å². The lowest BCUT2D eigenvalue weighted by Crippen LogP contribution is -2.05. The van der Waals surface area contributed by atoms with E-state index in [1.54, 1.807) is 23.9 Å². The Bertz CT molecular complexity index is 937. The summed E-state index contributed by atoms with van der Waals surface area (Å²) in [6.45, 7) is 0. The molecular formula is C21H16FNOS. The number of rotatable bonds is 2. The Morgan fingerprint density at radius 1 is 0.960 bits per heavy atom. The first kappa shape index (κ1) is 15.9. The minimum Gasteiger partial charge on any atom is -0.508 e. The number of aliphatic imine (C=N–C) groups is 1. The molecule has 3 aromatic carbocycles. The number of para-hydroxylation sites is 1. The van der Waals surface area contributed by atoms with Crippen molar-refractivity contribution in [3.05, 3.63) is 89.7 Å². The van der Waals surface area contributed by atoms with Crippen molar-refractivity contribution in [1.29, 1.82) is 0 Å². The van der Waals surface area contributed by atoms with Crippen LogP contribution in [0.5, 0.6) is 5.75 Å². The molecule has 0 saturated carbocycles. The number of hydrogen-bond donors (Lipinski definition) is 1. The second-order valence-electron chi connectivity index (χ2n) is 5.94. The zero-order valence-electron chi connectivity index (χ0n) is 13.4. The molecule has 0 aliphatic carbocycles. The fourth-order valence-corrected chi connectivity index (χ4v) is 4.17. The van der Waals surface area contributed by atoms with Gasteiger partial charge in [-0.2, -0.15) is 0 Å². The molecule has 4 rings (SSSR count). The molecule has 3 aromatic rings. The van der Waals surface area contributed by atoms with Crippen LogP contribution in [0.25, 0.3) is 0 Å². The summed E-state index contributed by atoms with van der Waals surface area (Å²) in [5, 5.41) is 9.95. The van der Waals surface area contributed by atoms with Crippen molar-refractivity contribution >= 4 is 23.2 Å². The van der Waals surface area contributed by atoms with Gasteiger partial charge in [-0.15, -0.1) is 11.8 Å². The van der Waals surface area contributed by atoms with E-state index < -0.39 is 0 Å². The van der Waals surface area contributed by atoms with Crippen LogP contribution in [0.4, 0.5) is 10.1 Å². The molecule has 124 valence electrons. The van der Waals surface area contributed by atoms with E-state index in [0.717, 1.165) is 27.4 Å². The van der Waals surface area contributed by atoms with E-state index in [9.17, 15) is 9.50 Å². The predicted molar refractivity (Wildman–Crippen MR) is 100 cm³/mol. The Morgan fingerprint density at radius 3 is 2.56 bits per heavy atom. The van der Waals surface area contributed by atoms with Crippen LogP contribution in [0, 0.1) is 5.82 Å². The summed E-state index contributed by atoms with van der Waals surface area (Å²) in [6.07, 6.45) is 0.703. The van der Waals surface area contributed by atoms with Crippen LogP contribution in [0.2, 0.25) is 0 Å². The minimum atomic E-state index is -0.232. The molecule has 1 N–H and O–H groups in total. The first-order valence-corrected chi connectivity index (χ1v) is 8.95. The summed E-state index contributed by atoms with van der Waals surface area (Å²) < 4.78 is 13.3. The maximum absolute atomic E-state index is 13.3. The van der Waals surface area contributed by atoms with Gasteiger partial charge >= 0.3 is 0 Å². The quantitative estimate of drug-likeness (QED) is 0.626. The van der Waals surface area contributed by atoms with Gasteiger partial charge < -0.3 is 5.11 Å². The molecule has 0 radical (unpaired) electrons. The predicted octanol–water partition coefficient (Wildman–Crippen LogP) is 5.89. The standard InChI is InChI=1S/C21H16FNOS/c22-16-10-8-14(9-11-16)21-13-19(15-4-3-5-17(24)12-15)23-18-6-1-2-7-20(18)25-21/h1-12,21,24H,13H2. The van der Waals surface area contributed by atoms with Crippen LogP contribution in [0.1, 0.15) is 22.8 Å². The van der Waals surface area contributed by atoms with Crippen LogP contribution >= 0.6 is 11.8 Å². The van der Waals surface area contributed by atoms with Crippen molar-refractivity contribution in [2.75, 3.05) is 0 Å². The number of phenols is 1. The lowest BCUT2D eigenvalue weighted by molar-refractivity contribution is 0.475. The molecular weight excluding hydrogens is 333 g/mol. The SMILES string of the molecule is Oc1cccc(C2=Nc3ccccc3SC(c3ccc(F)cc3)C2)c1. The molecule has 1 atom stereocenters. The maximum Gasteiger partial charge on any atom is 0.123 e. The molecule has 1 unspecified atom stereocenters. The van der Waals surface area contributed by atoms with E-state index in [0.29, 0.717) is 6.42 Å². The molecule has 4 heteroatoms. The van der Waals surface area contributed by atoms with E-state index >= 15 is 0 Å². The molecule has 0 spiro atoms. The molecule has 0 amide bonds. The third kappa shape index (κ3) is 3.44. The molecule has 1 aliphatic heterocycles. The van der Waals surface area contributed by atoms with Crippen LogP contribution in [-0.2, 0) is 0 Å². The van der Waals surface area contributed by atoms with E-state index in [1.807, 2.05) is 42.5 Å². The average Bonchev–Trinajstić information content (AvgIpc) is 2.82. The Labute approximate surface area is 150 Å². The molecule has 1 aliphatic rings. The van der Waals surface area contributed by atoms with Crippen molar-refractivity contribution < 1.29 is 9.50 Å². The Kier molecular flexibility index (Phi) is 4.28. The highest BCUT2D eigenvalue weighted by molar-refractivity contribution is 7.99. The van der Waals surface area contributed by atoms with Crippen molar-refractivity contribution in [3.63, 3.8) is 0 Å². The van der Waals surface area contributed by atoms with Gasteiger partial charge in [0.25, 0.3) is 0 Å². The van der Waals surface area contributed by atoms with Gasteiger partial charge in [0.2, 0.25) is 0 Å². The van der Waals surface area contributed by atoms with Crippen LogP contribution in [-0.4, -0.2) is 10.8 Å². The Hall–Kier alpha value is -2.59. The van der Waals surface area contributed by atoms with E-state index in [4.69, 9.17) is 4.99 Å². The van der Waals surface area contributed by atoms with Crippen molar-refractivity contribution in [2.45, 2.75) is 16.6 Å². The van der Waals surface area contributed by atoms with E-state index in [2.05, 4.69) is 6.07 Å². The maximum atomic E-state index is 13.3. The highest BCUT2D eigenvalue weighted by Gasteiger charge is 2.22. The second kappa shape index (κ2) is 6.73. The summed E-state index contributed by atoms with van der Waals surface area (Å²) in [4.78, 5) is 5.96. The zero-order valence-corrected chi connectivity index (χ0v) is 14.2. The summed E-state index contributed by atoms with van der Waals surface area (Å²) in [5.41, 5.74) is 3.82. The highest BCUT2D eigenvalue weighted by Crippen LogP contribution is 2.45. The molecule has 0 fully saturated rings. The molecule has 1 heterocycles. The fourth-order valence-electron chi connectivity index (χ4n) is 2.94. The Morgan fingerprint density at radius 2 is 1.76 bits per heavy atom. The number of hydrogen-bond acceptors (Lipinski definition) is 3. The number of halogens is 1. The van der Waals surface area contributed by atoms with Crippen molar-refractivity contribution in [1.82, 2.24) is 0 Å². The van der Waals surface area contributed by atoms with Gasteiger partial charge in [-0.1, -0.05) is 36.4 Å². The number of thioether (sulfide) groups is 1. The number of fused-ring (bicyclic) bond motifs is 1. The minimum absolute atomic E-state index is 0.130. The molecule has 25 heavy (non-hydrogen) atoms. The van der Waals surface area contributed by atoms with Gasteiger partial charge in [0, 0.05) is 22.3 Å². The lowest BCUT2D eigenvalue weighted by atomic mass is 10.0. The van der Waals surface area contributed by atoms with Crippen molar-refractivity contribution in [3.8, 4) is 5.75 Å². The summed E-state index contributed by atoms with van der Waals surface area (Å²) >= 11 is 1.74. The number of benzene rings is 3. The van der Waals surface area contributed by atoms with Gasteiger partial charge in [0.05, 0.1) is 5.69 Å².